The van der Waals surface area contributed by atoms with E-state index in [9.17, 15) is 13.2 Å². The van der Waals surface area contributed by atoms with Gasteiger partial charge in [0.25, 0.3) is 0 Å². The standard InChI is InChI=1S/C14H20F3N/c1-13(2,3)11-8-6-10(7-9-11)12(18(4)5)14(15,16)17/h6-9,12H,1-5H3. The quantitative estimate of drug-likeness (QED) is 0.771. The lowest BCUT2D eigenvalue weighted by Crippen LogP contribution is -2.33. The van der Waals surface area contributed by atoms with Crippen LogP contribution in [0.25, 0.3) is 0 Å². The average molecular weight is 259 g/mol. The van der Waals surface area contributed by atoms with Crippen molar-refractivity contribution < 1.29 is 13.2 Å². The van der Waals surface area contributed by atoms with Gasteiger partial charge in [0.2, 0.25) is 0 Å². The van der Waals surface area contributed by atoms with E-state index in [1.54, 1.807) is 24.3 Å². The van der Waals surface area contributed by atoms with Crippen molar-refractivity contribution in [2.24, 2.45) is 0 Å². The van der Waals surface area contributed by atoms with E-state index in [4.69, 9.17) is 0 Å². The Balaban J connectivity index is 3.10. The zero-order valence-corrected chi connectivity index (χ0v) is 11.5. The molecule has 1 unspecified atom stereocenters. The lowest BCUT2D eigenvalue weighted by Gasteiger charge is -2.28. The van der Waals surface area contributed by atoms with Crippen LogP contribution in [0.4, 0.5) is 13.2 Å². The first-order valence-electron chi connectivity index (χ1n) is 5.87. The molecule has 1 rings (SSSR count). The van der Waals surface area contributed by atoms with Crippen LogP contribution in [0.3, 0.4) is 0 Å². The fourth-order valence-corrected chi connectivity index (χ4v) is 1.95. The fourth-order valence-electron chi connectivity index (χ4n) is 1.95. The van der Waals surface area contributed by atoms with Crippen LogP contribution < -0.4 is 0 Å². The highest BCUT2D eigenvalue weighted by Crippen LogP contribution is 2.36. The van der Waals surface area contributed by atoms with Crippen LogP contribution in [0.1, 0.15) is 37.9 Å². The molecule has 1 nitrogen and oxygen atoms in total. The topological polar surface area (TPSA) is 3.24 Å². The molecule has 0 aliphatic rings. The van der Waals surface area contributed by atoms with Crippen molar-refractivity contribution in [2.75, 3.05) is 14.1 Å². The normalized spacial score (nSPS) is 14.9. The summed E-state index contributed by atoms with van der Waals surface area (Å²) in [4.78, 5) is 1.19. The molecule has 1 aromatic carbocycles. The number of hydrogen-bond acceptors (Lipinski definition) is 1. The molecule has 0 aromatic heterocycles. The van der Waals surface area contributed by atoms with E-state index in [-0.39, 0.29) is 11.0 Å². The van der Waals surface area contributed by atoms with E-state index in [0.717, 1.165) is 5.56 Å². The minimum atomic E-state index is -4.26. The summed E-state index contributed by atoms with van der Waals surface area (Å²) >= 11 is 0. The van der Waals surface area contributed by atoms with Crippen molar-refractivity contribution in [2.45, 2.75) is 38.4 Å². The third-order valence-electron chi connectivity index (χ3n) is 2.92. The molecule has 102 valence electrons. The van der Waals surface area contributed by atoms with Crippen molar-refractivity contribution >= 4 is 0 Å². The summed E-state index contributed by atoms with van der Waals surface area (Å²) < 4.78 is 38.8. The van der Waals surface area contributed by atoms with E-state index in [2.05, 4.69) is 0 Å². The Hall–Kier alpha value is -1.03. The lowest BCUT2D eigenvalue weighted by atomic mass is 9.86. The minimum absolute atomic E-state index is 0.0512. The van der Waals surface area contributed by atoms with E-state index in [1.807, 2.05) is 20.8 Å². The molecule has 1 atom stereocenters. The lowest BCUT2D eigenvalue weighted by molar-refractivity contribution is -0.179. The summed E-state index contributed by atoms with van der Waals surface area (Å²) in [6.07, 6.45) is -4.26. The third kappa shape index (κ3) is 3.48. The van der Waals surface area contributed by atoms with Gasteiger partial charge in [0, 0.05) is 0 Å². The molecular weight excluding hydrogens is 239 g/mol. The van der Waals surface area contributed by atoms with Crippen molar-refractivity contribution in [3.8, 4) is 0 Å². The Bertz CT molecular complexity index is 385. The van der Waals surface area contributed by atoms with Gasteiger partial charge < -0.3 is 0 Å². The van der Waals surface area contributed by atoms with Crippen LogP contribution in [0, 0.1) is 0 Å². The number of rotatable bonds is 2. The zero-order chi connectivity index (χ0) is 14.1. The first-order chi connectivity index (χ1) is 8.03. The Morgan fingerprint density at radius 2 is 1.39 bits per heavy atom. The van der Waals surface area contributed by atoms with Crippen LogP contribution in [-0.4, -0.2) is 25.2 Å². The number of hydrogen-bond donors (Lipinski definition) is 0. The predicted octanol–water partition coefficient (Wildman–Crippen LogP) is 4.15. The van der Waals surface area contributed by atoms with Gasteiger partial charge in [-0.1, -0.05) is 45.0 Å². The predicted molar refractivity (Wildman–Crippen MR) is 67.6 cm³/mol. The largest absolute Gasteiger partial charge is 0.408 e. The summed E-state index contributed by atoms with van der Waals surface area (Å²) in [5, 5.41) is 0. The van der Waals surface area contributed by atoms with Gasteiger partial charge in [-0.05, 0) is 30.6 Å². The van der Waals surface area contributed by atoms with Crippen molar-refractivity contribution in [1.82, 2.24) is 4.90 Å². The van der Waals surface area contributed by atoms with Crippen molar-refractivity contribution in [1.29, 1.82) is 0 Å². The Labute approximate surface area is 107 Å². The van der Waals surface area contributed by atoms with Gasteiger partial charge in [-0.25, -0.2) is 0 Å². The van der Waals surface area contributed by atoms with Crippen LogP contribution >= 0.6 is 0 Å². The summed E-state index contributed by atoms with van der Waals surface area (Å²) in [5.74, 6) is 0. The van der Waals surface area contributed by atoms with Crippen LogP contribution in [0.2, 0.25) is 0 Å². The molecule has 0 saturated heterocycles. The van der Waals surface area contributed by atoms with Gasteiger partial charge in [0.15, 0.2) is 0 Å². The molecule has 18 heavy (non-hydrogen) atoms. The van der Waals surface area contributed by atoms with E-state index < -0.39 is 12.2 Å². The molecule has 0 aliphatic carbocycles. The number of halogens is 3. The molecule has 0 amide bonds. The highest BCUT2D eigenvalue weighted by atomic mass is 19.4. The SMILES string of the molecule is CN(C)C(c1ccc(C(C)(C)C)cc1)C(F)(F)F. The summed E-state index contributed by atoms with van der Waals surface area (Å²) in [6.45, 7) is 6.11. The molecule has 0 N–H and O–H groups in total. The summed E-state index contributed by atoms with van der Waals surface area (Å²) in [7, 11) is 2.88. The molecular formula is C14H20F3N. The first kappa shape index (κ1) is 15.0. The van der Waals surface area contributed by atoms with Crippen LogP contribution in [0.5, 0.6) is 0 Å². The Morgan fingerprint density at radius 1 is 0.944 bits per heavy atom. The smallest absolute Gasteiger partial charge is 0.295 e. The van der Waals surface area contributed by atoms with Gasteiger partial charge in [0.1, 0.15) is 6.04 Å². The molecule has 0 heterocycles. The van der Waals surface area contributed by atoms with E-state index in [1.165, 1.54) is 19.0 Å². The van der Waals surface area contributed by atoms with E-state index >= 15 is 0 Å². The first-order valence-corrected chi connectivity index (χ1v) is 5.87. The molecule has 0 saturated carbocycles. The maximum atomic E-state index is 12.9. The second kappa shape index (κ2) is 4.92. The molecule has 0 fully saturated rings. The fraction of sp³-hybridized carbons (Fsp3) is 0.571. The molecule has 0 spiro atoms. The van der Waals surface area contributed by atoms with Gasteiger partial charge in [-0.15, -0.1) is 0 Å². The zero-order valence-electron chi connectivity index (χ0n) is 11.5. The second-order valence-corrected chi connectivity index (χ2v) is 5.78. The number of alkyl halides is 3. The van der Waals surface area contributed by atoms with Gasteiger partial charge in [-0.2, -0.15) is 13.2 Å². The maximum absolute atomic E-state index is 12.9. The Morgan fingerprint density at radius 3 is 1.67 bits per heavy atom. The molecule has 0 radical (unpaired) electrons. The van der Waals surface area contributed by atoms with Crippen LogP contribution in [0.15, 0.2) is 24.3 Å². The molecule has 0 bridgehead atoms. The molecule has 4 heteroatoms. The number of benzene rings is 1. The summed E-state index contributed by atoms with van der Waals surface area (Å²) in [5.41, 5.74) is 1.26. The van der Waals surface area contributed by atoms with Gasteiger partial charge in [0.05, 0.1) is 0 Å². The highest BCUT2D eigenvalue weighted by Gasteiger charge is 2.42. The van der Waals surface area contributed by atoms with Gasteiger partial charge >= 0.3 is 6.18 Å². The highest BCUT2D eigenvalue weighted by molar-refractivity contribution is 5.29. The van der Waals surface area contributed by atoms with E-state index in [0.29, 0.717) is 0 Å². The minimum Gasteiger partial charge on any atom is -0.295 e. The van der Waals surface area contributed by atoms with Crippen molar-refractivity contribution in [3.63, 3.8) is 0 Å². The summed E-state index contributed by atoms with van der Waals surface area (Å²) in [6, 6.07) is 5.14. The average Bonchev–Trinajstić information content (AvgIpc) is 2.13. The number of nitrogens with zero attached hydrogens (tertiary/aromatic N) is 1. The monoisotopic (exact) mass is 259 g/mol. The third-order valence-corrected chi connectivity index (χ3v) is 2.92. The Kier molecular flexibility index (Phi) is 4.11. The van der Waals surface area contributed by atoms with Gasteiger partial charge in [-0.3, -0.25) is 4.90 Å². The second-order valence-electron chi connectivity index (χ2n) is 5.78. The van der Waals surface area contributed by atoms with Crippen molar-refractivity contribution in [3.05, 3.63) is 35.4 Å². The molecule has 0 aliphatic heterocycles. The maximum Gasteiger partial charge on any atom is 0.408 e. The van der Waals surface area contributed by atoms with Crippen LogP contribution in [-0.2, 0) is 5.41 Å². The molecule has 1 aromatic rings.